The van der Waals surface area contributed by atoms with Crippen LogP contribution in [0.15, 0.2) is 24.3 Å². The first kappa shape index (κ1) is 14.5. The molecule has 0 aromatic heterocycles. The van der Waals surface area contributed by atoms with Crippen LogP contribution in [-0.4, -0.2) is 39.1 Å². The Morgan fingerprint density at radius 3 is 2.61 bits per heavy atom. The van der Waals surface area contributed by atoms with Gasteiger partial charge in [0.05, 0.1) is 0 Å². The van der Waals surface area contributed by atoms with E-state index in [0.717, 1.165) is 12.2 Å². The van der Waals surface area contributed by atoms with Crippen LogP contribution in [0.2, 0.25) is 0 Å². The molecule has 0 spiro atoms. The molecule has 0 aliphatic rings. The Morgan fingerprint density at radius 2 is 2.00 bits per heavy atom. The van der Waals surface area contributed by atoms with Crippen LogP contribution >= 0.6 is 0 Å². The van der Waals surface area contributed by atoms with E-state index < -0.39 is 0 Å². The lowest BCUT2D eigenvalue weighted by Gasteiger charge is -2.14. The van der Waals surface area contributed by atoms with Crippen LogP contribution in [0.4, 0.5) is 5.69 Å². The Hall–Kier alpha value is -1.55. The number of amides is 1. The number of nitrogens with one attached hydrogen (secondary N) is 2. The Labute approximate surface area is 109 Å². The zero-order chi connectivity index (χ0) is 13.5. The highest BCUT2D eigenvalue weighted by atomic mass is 16.1. The third-order valence-corrected chi connectivity index (χ3v) is 2.59. The predicted molar refractivity (Wildman–Crippen MR) is 76.2 cm³/mol. The van der Waals surface area contributed by atoms with Crippen LogP contribution < -0.4 is 15.5 Å². The fourth-order valence-corrected chi connectivity index (χ4v) is 1.56. The third kappa shape index (κ3) is 4.75. The van der Waals surface area contributed by atoms with Gasteiger partial charge < -0.3 is 15.5 Å². The molecule has 0 aliphatic heterocycles. The van der Waals surface area contributed by atoms with Gasteiger partial charge in [0.25, 0.3) is 5.91 Å². The molecule has 4 heteroatoms. The minimum atomic E-state index is -0.0238. The number of hydrogen-bond acceptors (Lipinski definition) is 3. The predicted octanol–water partition coefficient (Wildman–Crippen LogP) is 1.48. The highest BCUT2D eigenvalue weighted by Gasteiger charge is 2.06. The summed E-state index contributed by atoms with van der Waals surface area (Å²) < 4.78 is 0. The molecule has 1 aromatic carbocycles. The fraction of sp³-hybridized carbons (Fsp3) is 0.500. The first-order chi connectivity index (χ1) is 8.50. The van der Waals surface area contributed by atoms with Crippen molar-refractivity contribution in [1.82, 2.24) is 10.6 Å². The number of anilines is 1. The maximum atomic E-state index is 11.9. The second-order valence-corrected chi connectivity index (χ2v) is 4.81. The van der Waals surface area contributed by atoms with E-state index in [4.69, 9.17) is 0 Å². The van der Waals surface area contributed by atoms with Crippen molar-refractivity contribution in [2.24, 2.45) is 0 Å². The second kappa shape index (κ2) is 7.01. The molecule has 0 saturated carbocycles. The van der Waals surface area contributed by atoms with Gasteiger partial charge in [-0.2, -0.15) is 0 Å². The van der Waals surface area contributed by atoms with Crippen LogP contribution in [0.1, 0.15) is 24.2 Å². The largest absolute Gasteiger partial charge is 0.378 e. The van der Waals surface area contributed by atoms with Gasteiger partial charge in [-0.3, -0.25) is 4.79 Å². The number of rotatable bonds is 6. The lowest BCUT2D eigenvalue weighted by atomic mass is 10.2. The Morgan fingerprint density at radius 1 is 1.28 bits per heavy atom. The Balaban J connectivity index is 2.48. The van der Waals surface area contributed by atoms with Crippen molar-refractivity contribution < 1.29 is 4.79 Å². The summed E-state index contributed by atoms with van der Waals surface area (Å²) in [5.41, 5.74) is 1.73. The number of hydrogen-bond donors (Lipinski definition) is 2. The minimum absolute atomic E-state index is 0.0238. The van der Waals surface area contributed by atoms with E-state index in [1.54, 1.807) is 0 Å². The molecule has 0 aliphatic carbocycles. The van der Waals surface area contributed by atoms with Gasteiger partial charge in [-0.1, -0.05) is 19.9 Å². The molecule has 1 rings (SSSR count). The van der Waals surface area contributed by atoms with E-state index in [1.807, 2.05) is 43.3 Å². The summed E-state index contributed by atoms with van der Waals surface area (Å²) in [4.78, 5) is 13.9. The average molecular weight is 249 g/mol. The van der Waals surface area contributed by atoms with Gasteiger partial charge >= 0.3 is 0 Å². The number of carbonyl (C=O) groups is 1. The maximum Gasteiger partial charge on any atom is 0.251 e. The molecule has 0 unspecified atom stereocenters. The summed E-state index contributed by atoms with van der Waals surface area (Å²) >= 11 is 0. The van der Waals surface area contributed by atoms with Crippen molar-refractivity contribution in [1.29, 1.82) is 0 Å². The Bertz CT molecular complexity index is 388. The molecule has 1 amide bonds. The zero-order valence-electron chi connectivity index (χ0n) is 11.7. The molecule has 4 nitrogen and oxygen atoms in total. The van der Waals surface area contributed by atoms with Crippen LogP contribution in [0.3, 0.4) is 0 Å². The standard InChI is InChI=1S/C14H23N3O/c1-11(2)15-8-9-16-14(18)12-6-5-7-13(10-12)17(3)4/h5-7,10-11,15H,8-9H2,1-4H3,(H,16,18). The van der Waals surface area contributed by atoms with Gasteiger partial charge in [0, 0.05) is 44.5 Å². The smallest absolute Gasteiger partial charge is 0.251 e. The fourth-order valence-electron chi connectivity index (χ4n) is 1.56. The SMILES string of the molecule is CC(C)NCCNC(=O)c1cccc(N(C)C)c1. The highest BCUT2D eigenvalue weighted by Crippen LogP contribution is 2.12. The van der Waals surface area contributed by atoms with Crippen molar-refractivity contribution >= 4 is 11.6 Å². The van der Waals surface area contributed by atoms with Gasteiger partial charge in [0.15, 0.2) is 0 Å². The van der Waals surface area contributed by atoms with Crippen LogP contribution in [-0.2, 0) is 0 Å². The van der Waals surface area contributed by atoms with Gasteiger partial charge in [-0.15, -0.1) is 0 Å². The van der Waals surface area contributed by atoms with E-state index >= 15 is 0 Å². The monoisotopic (exact) mass is 249 g/mol. The maximum absolute atomic E-state index is 11.9. The molecule has 0 atom stereocenters. The minimum Gasteiger partial charge on any atom is -0.378 e. The molecular weight excluding hydrogens is 226 g/mol. The molecule has 0 radical (unpaired) electrons. The van der Waals surface area contributed by atoms with Gasteiger partial charge in [0.2, 0.25) is 0 Å². The number of nitrogens with zero attached hydrogens (tertiary/aromatic N) is 1. The topological polar surface area (TPSA) is 44.4 Å². The molecule has 0 heterocycles. The molecule has 0 bridgehead atoms. The summed E-state index contributed by atoms with van der Waals surface area (Å²) in [6, 6.07) is 8.05. The van der Waals surface area contributed by atoms with Crippen LogP contribution in [0.25, 0.3) is 0 Å². The number of benzene rings is 1. The van der Waals surface area contributed by atoms with E-state index in [0.29, 0.717) is 18.2 Å². The van der Waals surface area contributed by atoms with Crippen LogP contribution in [0, 0.1) is 0 Å². The first-order valence-corrected chi connectivity index (χ1v) is 6.29. The second-order valence-electron chi connectivity index (χ2n) is 4.81. The van der Waals surface area contributed by atoms with E-state index in [1.165, 1.54) is 0 Å². The van der Waals surface area contributed by atoms with Crippen molar-refractivity contribution in [2.45, 2.75) is 19.9 Å². The quantitative estimate of drug-likeness (QED) is 0.751. The van der Waals surface area contributed by atoms with Crippen molar-refractivity contribution in [3.63, 3.8) is 0 Å². The summed E-state index contributed by atoms with van der Waals surface area (Å²) in [5.74, 6) is -0.0238. The van der Waals surface area contributed by atoms with Crippen molar-refractivity contribution in [3.8, 4) is 0 Å². The average Bonchev–Trinajstić information content (AvgIpc) is 2.34. The molecule has 18 heavy (non-hydrogen) atoms. The summed E-state index contributed by atoms with van der Waals surface area (Å²) in [5, 5.41) is 6.16. The highest BCUT2D eigenvalue weighted by molar-refractivity contribution is 5.95. The zero-order valence-corrected chi connectivity index (χ0v) is 11.7. The number of carbonyl (C=O) groups excluding carboxylic acids is 1. The lowest BCUT2D eigenvalue weighted by Crippen LogP contribution is -2.34. The summed E-state index contributed by atoms with van der Waals surface area (Å²) in [6.45, 7) is 5.60. The Kier molecular flexibility index (Phi) is 5.65. The molecular formula is C14H23N3O. The van der Waals surface area contributed by atoms with E-state index in [9.17, 15) is 4.79 Å². The van der Waals surface area contributed by atoms with E-state index in [2.05, 4.69) is 24.5 Å². The van der Waals surface area contributed by atoms with Gasteiger partial charge in [-0.05, 0) is 18.2 Å². The molecule has 1 aromatic rings. The van der Waals surface area contributed by atoms with Crippen molar-refractivity contribution in [3.05, 3.63) is 29.8 Å². The molecule has 2 N–H and O–H groups in total. The lowest BCUT2D eigenvalue weighted by molar-refractivity contribution is 0.0953. The van der Waals surface area contributed by atoms with E-state index in [-0.39, 0.29) is 5.91 Å². The van der Waals surface area contributed by atoms with Gasteiger partial charge in [-0.25, -0.2) is 0 Å². The van der Waals surface area contributed by atoms with Crippen molar-refractivity contribution in [2.75, 3.05) is 32.1 Å². The van der Waals surface area contributed by atoms with Crippen LogP contribution in [0.5, 0.6) is 0 Å². The summed E-state index contributed by atoms with van der Waals surface area (Å²) in [6.07, 6.45) is 0. The molecule has 100 valence electrons. The molecule has 0 saturated heterocycles. The third-order valence-electron chi connectivity index (χ3n) is 2.59. The normalized spacial score (nSPS) is 10.5. The molecule has 0 fully saturated rings. The first-order valence-electron chi connectivity index (χ1n) is 6.29. The summed E-state index contributed by atoms with van der Waals surface area (Å²) in [7, 11) is 3.92. The van der Waals surface area contributed by atoms with Gasteiger partial charge in [0.1, 0.15) is 0 Å².